The van der Waals surface area contributed by atoms with E-state index in [0.717, 1.165) is 0 Å². The number of hydrogen-bond donors (Lipinski definition) is 0. The Labute approximate surface area is 72.3 Å². The zero-order valence-electron chi connectivity index (χ0n) is 7.03. The smallest absolute Gasteiger partial charge is 0.184 e. The van der Waals surface area contributed by atoms with Crippen LogP contribution >= 0.6 is 0 Å². The number of allylic oxidation sites excluding steroid dienone is 2. The molecule has 3 rings (SSSR count). The molecule has 0 spiro atoms. The Hall–Kier alpha value is -0.126. The van der Waals surface area contributed by atoms with E-state index in [-0.39, 0.29) is 0 Å². The molecule has 0 aromatic heterocycles. The van der Waals surface area contributed by atoms with Crippen molar-refractivity contribution in [2.45, 2.75) is 17.8 Å². The fourth-order valence-electron chi connectivity index (χ4n) is 1.79. The molecule has 1 aliphatic carbocycles. The van der Waals surface area contributed by atoms with Crippen molar-refractivity contribution in [3.8, 4) is 0 Å². The van der Waals surface area contributed by atoms with Crippen LogP contribution in [-0.4, -0.2) is 25.0 Å². The molecule has 0 saturated carbocycles. The van der Waals surface area contributed by atoms with E-state index in [1.807, 2.05) is 0 Å². The van der Waals surface area contributed by atoms with Gasteiger partial charge in [-0.1, -0.05) is 24.3 Å². The highest BCUT2D eigenvalue weighted by Crippen LogP contribution is 2.29. The molecule has 2 aliphatic heterocycles. The van der Waals surface area contributed by atoms with Crippen LogP contribution in [0.25, 0.3) is 0 Å². The van der Waals surface area contributed by atoms with Gasteiger partial charge in [-0.25, -0.2) is 0 Å². The highest BCUT2D eigenvalue weighted by Gasteiger charge is 2.27. The first kappa shape index (κ1) is 7.52. The Bertz CT molecular complexity index is 178. The Morgan fingerprint density at radius 2 is 1.91 bits per heavy atom. The largest absolute Gasteiger partial charge is 0.420 e. The molecule has 11 heavy (non-hydrogen) atoms. The lowest BCUT2D eigenvalue weighted by Gasteiger charge is -2.17. The maximum atomic E-state index is 5.97. The van der Waals surface area contributed by atoms with Crippen molar-refractivity contribution in [2.75, 3.05) is 0 Å². The average Bonchev–Trinajstić information content (AvgIpc) is 2.22. The molecule has 3 aliphatic rings. The zero-order valence-corrected chi connectivity index (χ0v) is 10.2. The summed E-state index contributed by atoms with van der Waals surface area (Å²) < 4.78 is 5.97. The minimum Gasteiger partial charge on any atom is -0.420 e. The van der Waals surface area contributed by atoms with Crippen molar-refractivity contribution in [2.24, 2.45) is 5.92 Å². The summed E-state index contributed by atoms with van der Waals surface area (Å²) in [5, 5.41) is 0. The Kier molecular flexibility index (Phi) is 1.87. The van der Waals surface area contributed by atoms with Crippen LogP contribution in [0.2, 0.25) is 12.1 Å². The molecular weight excluding hydrogens is 168 g/mol. The monoisotopic (exact) mass is 182 g/mol. The van der Waals surface area contributed by atoms with E-state index in [9.17, 15) is 0 Å². The second-order valence-corrected chi connectivity index (χ2v) is 7.06. The predicted molar refractivity (Wildman–Crippen MR) is 53.3 cm³/mol. The predicted octanol–water partition coefficient (Wildman–Crippen LogP) is 0.174. The Morgan fingerprint density at radius 3 is 2.55 bits per heavy atom. The fraction of sp³-hybridized carbons (Fsp3) is 0.500. The molecule has 1 nitrogen and oxygen atoms in total. The zero-order chi connectivity index (χ0) is 7.84. The Morgan fingerprint density at radius 1 is 1.27 bits per heavy atom. The summed E-state index contributed by atoms with van der Waals surface area (Å²) in [5.41, 5.74) is 1.22. The van der Waals surface area contributed by atoms with E-state index in [2.05, 4.69) is 30.9 Å². The lowest BCUT2D eigenvalue weighted by molar-refractivity contribution is 0.263. The van der Waals surface area contributed by atoms with Gasteiger partial charge in [0, 0.05) is 27.4 Å². The van der Waals surface area contributed by atoms with Gasteiger partial charge in [0.15, 0.2) is 9.04 Å². The topological polar surface area (TPSA) is 9.23 Å². The first-order chi connectivity index (χ1) is 5.27. The summed E-state index contributed by atoms with van der Waals surface area (Å²) in [6.45, 7) is 2.30. The average molecular weight is 182 g/mol. The van der Waals surface area contributed by atoms with Crippen LogP contribution in [0.4, 0.5) is 0 Å². The lowest BCUT2D eigenvalue weighted by atomic mass is 10.0. The van der Waals surface area contributed by atoms with E-state index in [1.54, 1.807) is 0 Å². The highest BCUT2D eigenvalue weighted by atomic mass is 28.3. The molecule has 2 bridgehead atoms. The van der Waals surface area contributed by atoms with Crippen molar-refractivity contribution in [1.29, 1.82) is 0 Å². The van der Waals surface area contributed by atoms with E-state index >= 15 is 0 Å². The van der Waals surface area contributed by atoms with Crippen molar-refractivity contribution < 1.29 is 4.43 Å². The van der Waals surface area contributed by atoms with Gasteiger partial charge < -0.3 is 4.43 Å². The van der Waals surface area contributed by atoms with Gasteiger partial charge in [0.2, 0.25) is 0 Å². The van der Waals surface area contributed by atoms with Gasteiger partial charge in [-0.3, -0.25) is 0 Å². The second kappa shape index (κ2) is 2.73. The van der Waals surface area contributed by atoms with E-state index in [4.69, 9.17) is 4.43 Å². The highest BCUT2D eigenvalue weighted by molar-refractivity contribution is 6.54. The minimum atomic E-state index is -0.910. The number of hydrogen-bond acceptors (Lipinski definition) is 1. The van der Waals surface area contributed by atoms with Gasteiger partial charge in [0.1, 0.15) is 0 Å². The lowest BCUT2D eigenvalue weighted by Crippen LogP contribution is -2.26. The van der Waals surface area contributed by atoms with Crippen LogP contribution in [0.15, 0.2) is 24.3 Å². The molecule has 60 valence electrons. The van der Waals surface area contributed by atoms with E-state index in [1.165, 1.54) is 10.2 Å². The molecule has 0 amide bonds. The molecule has 2 heterocycles. The van der Waals surface area contributed by atoms with Gasteiger partial charge in [-0.15, -0.1) is 0 Å². The van der Waals surface area contributed by atoms with Crippen molar-refractivity contribution in [1.82, 2.24) is 0 Å². The maximum Gasteiger partial charge on any atom is 0.184 e. The molecule has 0 aromatic carbocycles. The van der Waals surface area contributed by atoms with Crippen LogP contribution in [0, 0.1) is 5.92 Å². The first-order valence-corrected chi connectivity index (χ1v) is 7.74. The number of fused-ring (bicyclic) bond motifs is 2. The summed E-state index contributed by atoms with van der Waals surface area (Å²) >= 11 is 0. The van der Waals surface area contributed by atoms with Crippen molar-refractivity contribution in [3.63, 3.8) is 0 Å². The van der Waals surface area contributed by atoms with E-state index < -0.39 is 9.04 Å². The van der Waals surface area contributed by atoms with Gasteiger partial charge >= 0.3 is 0 Å². The SMILES string of the molecule is C[SiH]1OC([SiH3])C2C=CC1C=C2. The molecule has 0 radical (unpaired) electrons. The first-order valence-electron chi connectivity index (χ1n) is 4.29. The van der Waals surface area contributed by atoms with E-state index in [0.29, 0.717) is 17.2 Å². The molecule has 0 fully saturated rings. The summed E-state index contributed by atoms with van der Waals surface area (Å²) in [6.07, 6.45) is 9.36. The molecule has 0 saturated heterocycles. The van der Waals surface area contributed by atoms with Gasteiger partial charge in [0.05, 0.1) is 0 Å². The third-order valence-corrected chi connectivity index (χ3v) is 6.60. The number of rotatable bonds is 0. The van der Waals surface area contributed by atoms with Crippen LogP contribution in [0.1, 0.15) is 0 Å². The summed E-state index contributed by atoms with van der Waals surface area (Å²) in [5.74, 6) is 0.607. The second-order valence-electron chi connectivity index (χ2n) is 3.47. The third-order valence-electron chi connectivity index (χ3n) is 2.62. The Balaban J connectivity index is 2.27. The normalized spacial score (nSPS) is 48.1. The quantitative estimate of drug-likeness (QED) is 0.383. The molecule has 0 N–H and O–H groups in total. The molecule has 2 atom stereocenters. The van der Waals surface area contributed by atoms with Gasteiger partial charge in [-0.05, 0) is 6.55 Å². The fourth-order valence-corrected chi connectivity index (χ4v) is 5.44. The van der Waals surface area contributed by atoms with Crippen LogP contribution in [-0.2, 0) is 4.43 Å². The summed E-state index contributed by atoms with van der Waals surface area (Å²) in [7, 11) is 0.256. The minimum absolute atomic E-state index is 0.552. The maximum absolute atomic E-state index is 5.97. The summed E-state index contributed by atoms with van der Waals surface area (Å²) in [4.78, 5) is 0. The van der Waals surface area contributed by atoms with Gasteiger partial charge in [0.25, 0.3) is 0 Å². The summed E-state index contributed by atoms with van der Waals surface area (Å²) in [6, 6.07) is 0. The van der Waals surface area contributed by atoms with Gasteiger partial charge in [-0.2, -0.15) is 0 Å². The third kappa shape index (κ3) is 1.28. The molecule has 0 aromatic rings. The van der Waals surface area contributed by atoms with Crippen molar-refractivity contribution >= 4 is 19.3 Å². The van der Waals surface area contributed by atoms with Crippen LogP contribution in [0.5, 0.6) is 0 Å². The molecular formula is C8H14OSi2. The molecule has 2 unspecified atom stereocenters. The van der Waals surface area contributed by atoms with Crippen LogP contribution in [0.3, 0.4) is 0 Å². The standard InChI is InChI=1S/C8H14OSi2/c1-11-7-4-2-6(3-5-7)8(10)9-11/h2-8,11H,1,10H3. The van der Waals surface area contributed by atoms with Crippen molar-refractivity contribution in [3.05, 3.63) is 24.3 Å². The molecule has 3 heteroatoms. The van der Waals surface area contributed by atoms with Crippen LogP contribution < -0.4 is 0 Å².